The van der Waals surface area contributed by atoms with Gasteiger partial charge in [-0.2, -0.15) is 0 Å². The first-order valence-corrected chi connectivity index (χ1v) is 12.4. The molecule has 0 aromatic heterocycles. The molecular weight excluding hydrogens is 422 g/mol. The molecule has 1 aliphatic heterocycles. The van der Waals surface area contributed by atoms with E-state index in [-0.39, 0.29) is 23.8 Å². The molecule has 3 atom stereocenters. The van der Waals surface area contributed by atoms with Crippen LogP contribution in [0.3, 0.4) is 0 Å². The maximum Gasteiger partial charge on any atom is 0.226 e. The molecule has 1 amide bonds. The van der Waals surface area contributed by atoms with Crippen molar-refractivity contribution < 1.29 is 22.0 Å². The molecule has 31 heavy (non-hydrogen) atoms. The van der Waals surface area contributed by atoms with Gasteiger partial charge in [-0.25, -0.2) is 21.9 Å². The number of nitrogens with one attached hydrogen (secondary N) is 1. The Bertz CT molecular complexity index is 1090. The monoisotopic (exact) mass is 448 g/mol. The van der Waals surface area contributed by atoms with Crippen molar-refractivity contribution in [3.05, 3.63) is 59.7 Å². The second-order valence-corrected chi connectivity index (χ2v) is 10.3. The Kier molecular flexibility index (Phi) is 6.12. The van der Waals surface area contributed by atoms with Crippen molar-refractivity contribution in [3.63, 3.8) is 0 Å². The van der Waals surface area contributed by atoms with E-state index in [2.05, 4.69) is 4.72 Å². The van der Waals surface area contributed by atoms with Crippen molar-refractivity contribution in [1.82, 2.24) is 9.62 Å². The molecule has 1 aliphatic carbocycles. The van der Waals surface area contributed by atoms with Gasteiger partial charge in [-0.15, -0.1) is 0 Å². The highest BCUT2D eigenvalue weighted by atomic mass is 32.2. The van der Waals surface area contributed by atoms with Crippen LogP contribution in [-0.2, 0) is 14.8 Å². The molecule has 0 radical (unpaired) electrons. The third-order valence-electron chi connectivity index (χ3n) is 6.11. The molecule has 2 fully saturated rings. The van der Waals surface area contributed by atoms with Crippen LogP contribution in [0, 0.1) is 17.6 Å². The minimum atomic E-state index is -3.27. The predicted molar refractivity (Wildman–Crippen MR) is 115 cm³/mol. The van der Waals surface area contributed by atoms with E-state index < -0.39 is 21.7 Å². The highest BCUT2D eigenvalue weighted by Gasteiger charge is 2.46. The standard InChI is InChI=1S/C23H26F2N2O3S/c1-31(29,30)26-16-5-4-11-27(12-10-16)23(28)21-14-20(21)18-7-3-2-6-17(18)19-9-8-15(24)13-22(19)25/h2-3,6-9,13,16,20-21,26H,4-5,10-12,14H2,1H3. The summed E-state index contributed by atoms with van der Waals surface area (Å²) < 4.78 is 53.4. The molecule has 1 heterocycles. The number of carbonyl (C=O) groups excluding carboxylic acids is 1. The zero-order valence-electron chi connectivity index (χ0n) is 17.4. The first-order chi connectivity index (χ1) is 14.7. The molecule has 1 N–H and O–H groups in total. The minimum absolute atomic E-state index is 0.00125. The lowest BCUT2D eigenvalue weighted by atomic mass is 9.95. The highest BCUT2D eigenvalue weighted by molar-refractivity contribution is 7.88. The molecule has 2 aromatic rings. The number of hydrogen-bond donors (Lipinski definition) is 1. The van der Waals surface area contributed by atoms with Gasteiger partial charge >= 0.3 is 0 Å². The largest absolute Gasteiger partial charge is 0.342 e. The summed E-state index contributed by atoms with van der Waals surface area (Å²) in [5.74, 6) is -1.33. The minimum Gasteiger partial charge on any atom is -0.342 e. The van der Waals surface area contributed by atoms with Crippen molar-refractivity contribution >= 4 is 15.9 Å². The molecule has 4 rings (SSSR count). The van der Waals surface area contributed by atoms with Crippen molar-refractivity contribution in [3.8, 4) is 11.1 Å². The quantitative estimate of drug-likeness (QED) is 0.759. The van der Waals surface area contributed by atoms with E-state index in [4.69, 9.17) is 0 Å². The molecule has 8 heteroatoms. The summed E-state index contributed by atoms with van der Waals surface area (Å²) in [6, 6.07) is 10.8. The van der Waals surface area contributed by atoms with Gasteiger partial charge in [-0.05, 0) is 54.9 Å². The normalized spacial score (nSPS) is 24.0. The van der Waals surface area contributed by atoms with Crippen LogP contribution >= 0.6 is 0 Å². The first-order valence-electron chi connectivity index (χ1n) is 10.5. The van der Waals surface area contributed by atoms with Gasteiger partial charge in [0.25, 0.3) is 0 Å². The van der Waals surface area contributed by atoms with Crippen molar-refractivity contribution in [2.45, 2.75) is 37.6 Å². The Labute approximate surface area is 181 Å². The fourth-order valence-electron chi connectivity index (χ4n) is 4.56. The van der Waals surface area contributed by atoms with Gasteiger partial charge in [0, 0.05) is 36.7 Å². The number of sulfonamides is 1. The molecule has 166 valence electrons. The van der Waals surface area contributed by atoms with Gasteiger partial charge in [0.2, 0.25) is 15.9 Å². The van der Waals surface area contributed by atoms with Gasteiger partial charge in [0.05, 0.1) is 6.26 Å². The molecule has 2 aliphatic rings. The third-order valence-corrected chi connectivity index (χ3v) is 6.87. The molecular formula is C23H26F2N2O3S. The maximum atomic E-state index is 14.4. The Balaban J connectivity index is 1.46. The van der Waals surface area contributed by atoms with Crippen molar-refractivity contribution in [2.75, 3.05) is 19.3 Å². The van der Waals surface area contributed by atoms with E-state index in [1.165, 1.54) is 12.1 Å². The van der Waals surface area contributed by atoms with E-state index >= 15 is 0 Å². The second kappa shape index (κ2) is 8.67. The van der Waals surface area contributed by atoms with E-state index in [0.29, 0.717) is 43.5 Å². The lowest BCUT2D eigenvalue weighted by molar-refractivity contribution is -0.132. The van der Waals surface area contributed by atoms with Crippen LogP contribution in [0.4, 0.5) is 8.78 Å². The van der Waals surface area contributed by atoms with Crippen LogP contribution in [0.25, 0.3) is 11.1 Å². The second-order valence-electron chi connectivity index (χ2n) is 8.50. The van der Waals surface area contributed by atoms with E-state index in [1.54, 1.807) is 6.07 Å². The predicted octanol–water partition coefficient (Wildman–Crippen LogP) is 3.67. The lowest BCUT2D eigenvalue weighted by Gasteiger charge is -2.21. The van der Waals surface area contributed by atoms with Crippen LogP contribution in [0.5, 0.6) is 0 Å². The summed E-state index contributed by atoms with van der Waals surface area (Å²) in [5.41, 5.74) is 1.92. The zero-order chi connectivity index (χ0) is 22.2. The van der Waals surface area contributed by atoms with Gasteiger partial charge < -0.3 is 4.90 Å². The lowest BCUT2D eigenvalue weighted by Crippen LogP contribution is -2.36. The van der Waals surface area contributed by atoms with Crippen LogP contribution < -0.4 is 4.72 Å². The Morgan fingerprint density at radius 1 is 1.06 bits per heavy atom. The van der Waals surface area contributed by atoms with Crippen molar-refractivity contribution in [1.29, 1.82) is 0 Å². The fourth-order valence-corrected chi connectivity index (χ4v) is 5.40. The molecule has 3 unspecified atom stereocenters. The summed E-state index contributed by atoms with van der Waals surface area (Å²) >= 11 is 0. The van der Waals surface area contributed by atoms with Gasteiger partial charge in [-0.3, -0.25) is 4.79 Å². The number of rotatable bonds is 5. The van der Waals surface area contributed by atoms with Gasteiger partial charge in [0.15, 0.2) is 0 Å². The highest BCUT2D eigenvalue weighted by Crippen LogP contribution is 2.51. The number of nitrogens with zero attached hydrogens (tertiary/aromatic N) is 1. The number of amides is 1. The summed E-state index contributed by atoms with van der Waals surface area (Å²) in [5, 5.41) is 0. The summed E-state index contributed by atoms with van der Waals surface area (Å²) in [4.78, 5) is 14.9. The summed E-state index contributed by atoms with van der Waals surface area (Å²) in [6.45, 7) is 1.13. The average Bonchev–Trinajstić information content (AvgIpc) is 3.51. The van der Waals surface area contributed by atoms with E-state index in [1.807, 2.05) is 23.1 Å². The van der Waals surface area contributed by atoms with E-state index in [0.717, 1.165) is 24.3 Å². The van der Waals surface area contributed by atoms with Crippen LogP contribution in [-0.4, -0.2) is 44.6 Å². The van der Waals surface area contributed by atoms with Crippen LogP contribution in [0.2, 0.25) is 0 Å². The van der Waals surface area contributed by atoms with Gasteiger partial charge in [-0.1, -0.05) is 24.3 Å². The zero-order valence-corrected chi connectivity index (χ0v) is 18.2. The van der Waals surface area contributed by atoms with Crippen molar-refractivity contribution in [2.24, 2.45) is 5.92 Å². The number of halogens is 2. The number of benzene rings is 2. The molecule has 1 saturated heterocycles. The Hall–Kier alpha value is -2.32. The number of hydrogen-bond acceptors (Lipinski definition) is 3. The Morgan fingerprint density at radius 3 is 2.58 bits per heavy atom. The number of carbonyl (C=O) groups is 1. The topological polar surface area (TPSA) is 66.5 Å². The smallest absolute Gasteiger partial charge is 0.226 e. The van der Waals surface area contributed by atoms with Crippen LogP contribution in [0.15, 0.2) is 42.5 Å². The first kappa shape index (κ1) is 21.9. The maximum absolute atomic E-state index is 14.4. The number of likely N-dealkylation sites (tertiary alicyclic amines) is 1. The molecule has 5 nitrogen and oxygen atoms in total. The van der Waals surface area contributed by atoms with Gasteiger partial charge in [0.1, 0.15) is 11.6 Å². The molecule has 0 spiro atoms. The molecule has 2 aromatic carbocycles. The fraction of sp³-hybridized carbons (Fsp3) is 0.435. The SMILES string of the molecule is CS(=O)(=O)NC1CCCN(C(=O)C2CC2c2ccccc2-c2ccc(F)cc2F)CC1. The average molecular weight is 449 g/mol. The Morgan fingerprint density at radius 2 is 1.84 bits per heavy atom. The molecule has 1 saturated carbocycles. The van der Waals surface area contributed by atoms with E-state index in [9.17, 15) is 22.0 Å². The summed E-state index contributed by atoms with van der Waals surface area (Å²) in [7, 11) is -3.27. The van der Waals surface area contributed by atoms with Crippen LogP contribution in [0.1, 0.15) is 37.2 Å². The molecule has 0 bridgehead atoms. The summed E-state index contributed by atoms with van der Waals surface area (Å²) in [6.07, 6.45) is 3.88. The third kappa shape index (κ3) is 5.13.